The number of carbonyl (C=O) groups excluding carboxylic acids is 1. The molecule has 2 heterocycles. The van der Waals surface area contributed by atoms with Crippen molar-refractivity contribution in [3.63, 3.8) is 0 Å². The molecular formula is C9H11N3O3. The zero-order chi connectivity index (χ0) is 10.8. The van der Waals surface area contributed by atoms with E-state index in [2.05, 4.69) is 9.84 Å². The minimum Gasteiger partial charge on any atom is -0.464 e. The summed E-state index contributed by atoms with van der Waals surface area (Å²) in [5, 5.41) is 12.8. The summed E-state index contributed by atoms with van der Waals surface area (Å²) in [4.78, 5) is 11.2. The molecule has 0 saturated carbocycles. The molecule has 1 N–H and O–H groups in total. The maximum Gasteiger partial charge on any atom is 0.358 e. The fourth-order valence-electron chi connectivity index (χ4n) is 1.43. The Labute approximate surface area is 85.7 Å². The number of carbonyl (C=O) groups is 1. The van der Waals surface area contributed by atoms with Gasteiger partial charge >= 0.3 is 5.97 Å². The van der Waals surface area contributed by atoms with Gasteiger partial charge in [-0.1, -0.05) is 0 Å². The van der Waals surface area contributed by atoms with Gasteiger partial charge in [-0.05, 0) is 0 Å². The second kappa shape index (κ2) is 3.74. The van der Waals surface area contributed by atoms with Crippen LogP contribution in [0.15, 0.2) is 18.5 Å². The molecule has 0 unspecified atom stereocenters. The summed E-state index contributed by atoms with van der Waals surface area (Å²) in [6, 6.07) is 1.63. The summed E-state index contributed by atoms with van der Waals surface area (Å²) in [6.45, 7) is 0.520. The van der Waals surface area contributed by atoms with Gasteiger partial charge in [-0.2, -0.15) is 5.10 Å². The Morgan fingerprint density at radius 3 is 3.07 bits per heavy atom. The molecular weight excluding hydrogens is 198 g/mol. The fraction of sp³-hybridized carbons (Fsp3) is 0.333. The molecule has 0 aliphatic carbocycles. The van der Waals surface area contributed by atoms with Gasteiger partial charge in [0.15, 0.2) is 5.69 Å². The lowest BCUT2D eigenvalue weighted by Crippen LogP contribution is -2.02. The average Bonchev–Trinajstić information content (AvgIpc) is 2.79. The number of hydrogen-bond acceptors (Lipinski definition) is 4. The number of aliphatic hydroxyl groups excluding tert-OH is 1. The Hall–Kier alpha value is -1.82. The Kier molecular flexibility index (Phi) is 2.42. The van der Waals surface area contributed by atoms with Crippen LogP contribution >= 0.6 is 0 Å². The molecule has 0 saturated heterocycles. The Morgan fingerprint density at radius 1 is 1.60 bits per heavy atom. The predicted octanol–water partition coefficient (Wildman–Crippen LogP) is -0.0853. The SMILES string of the molecule is COC(=O)c1cc2n(CCO)ccn2n1. The van der Waals surface area contributed by atoms with Crippen LogP contribution in [0.3, 0.4) is 0 Å². The number of fused-ring (bicyclic) bond motifs is 1. The summed E-state index contributed by atoms with van der Waals surface area (Å²) in [6.07, 6.45) is 3.51. The van der Waals surface area contributed by atoms with Crippen molar-refractivity contribution >= 4 is 11.6 Å². The van der Waals surface area contributed by atoms with Gasteiger partial charge < -0.3 is 14.4 Å². The molecule has 6 nitrogen and oxygen atoms in total. The van der Waals surface area contributed by atoms with Gasteiger partial charge in [0.05, 0.1) is 13.7 Å². The summed E-state index contributed by atoms with van der Waals surface area (Å²) in [5.74, 6) is -0.464. The van der Waals surface area contributed by atoms with Crippen molar-refractivity contribution in [3.8, 4) is 0 Å². The number of esters is 1. The summed E-state index contributed by atoms with van der Waals surface area (Å²) in [5.41, 5.74) is 1.02. The van der Waals surface area contributed by atoms with Gasteiger partial charge in [-0.25, -0.2) is 9.31 Å². The number of imidazole rings is 1. The number of methoxy groups -OCH3 is 1. The summed E-state index contributed by atoms with van der Waals surface area (Å²) < 4.78 is 7.94. The van der Waals surface area contributed by atoms with Crippen LogP contribution in [0, 0.1) is 0 Å². The second-order valence-electron chi connectivity index (χ2n) is 3.04. The molecule has 0 fully saturated rings. The maximum atomic E-state index is 11.2. The lowest BCUT2D eigenvalue weighted by Gasteiger charge is -1.97. The number of hydrogen-bond donors (Lipinski definition) is 1. The van der Waals surface area contributed by atoms with Gasteiger partial charge in [0.2, 0.25) is 0 Å². The zero-order valence-electron chi connectivity index (χ0n) is 8.25. The van der Waals surface area contributed by atoms with E-state index in [0.29, 0.717) is 6.54 Å². The van der Waals surface area contributed by atoms with Crippen molar-refractivity contribution in [3.05, 3.63) is 24.2 Å². The van der Waals surface area contributed by atoms with Crippen molar-refractivity contribution in [2.24, 2.45) is 0 Å². The second-order valence-corrected chi connectivity index (χ2v) is 3.04. The van der Waals surface area contributed by atoms with Crippen LogP contribution in [0.4, 0.5) is 0 Å². The molecule has 0 aliphatic rings. The van der Waals surface area contributed by atoms with Crippen LogP contribution in [-0.2, 0) is 11.3 Å². The van der Waals surface area contributed by atoms with E-state index >= 15 is 0 Å². The highest BCUT2D eigenvalue weighted by molar-refractivity contribution is 5.88. The van der Waals surface area contributed by atoms with Crippen molar-refractivity contribution < 1.29 is 14.6 Å². The molecule has 0 spiro atoms. The summed E-state index contributed by atoms with van der Waals surface area (Å²) >= 11 is 0. The topological polar surface area (TPSA) is 68.8 Å². The lowest BCUT2D eigenvalue weighted by atomic mass is 10.4. The minimum atomic E-state index is -0.464. The smallest absolute Gasteiger partial charge is 0.358 e. The maximum absolute atomic E-state index is 11.2. The fourth-order valence-corrected chi connectivity index (χ4v) is 1.43. The van der Waals surface area contributed by atoms with Gasteiger partial charge in [0, 0.05) is 25.0 Å². The first-order chi connectivity index (χ1) is 7.26. The van der Waals surface area contributed by atoms with Gasteiger partial charge in [-0.15, -0.1) is 0 Å². The van der Waals surface area contributed by atoms with Crippen LogP contribution in [0.25, 0.3) is 5.65 Å². The van der Waals surface area contributed by atoms with Gasteiger partial charge in [0.1, 0.15) is 5.65 Å². The molecule has 0 amide bonds. The first kappa shape index (κ1) is 9.72. The van der Waals surface area contributed by atoms with Crippen LogP contribution < -0.4 is 0 Å². The average molecular weight is 209 g/mol. The predicted molar refractivity (Wildman–Crippen MR) is 51.6 cm³/mol. The van der Waals surface area contributed by atoms with E-state index in [0.717, 1.165) is 5.65 Å². The van der Waals surface area contributed by atoms with Crippen LogP contribution in [0.1, 0.15) is 10.5 Å². The van der Waals surface area contributed by atoms with E-state index in [1.165, 1.54) is 7.11 Å². The largest absolute Gasteiger partial charge is 0.464 e. The van der Waals surface area contributed by atoms with Crippen molar-refractivity contribution in [1.29, 1.82) is 0 Å². The highest BCUT2D eigenvalue weighted by Gasteiger charge is 2.12. The molecule has 2 aromatic rings. The standard InChI is InChI=1S/C9H11N3O3/c1-15-9(14)7-6-8-11(4-5-13)2-3-12(8)10-7/h2-3,6,13H,4-5H2,1H3. The third-order valence-electron chi connectivity index (χ3n) is 2.13. The third kappa shape index (κ3) is 1.59. The van der Waals surface area contributed by atoms with E-state index in [4.69, 9.17) is 5.11 Å². The molecule has 80 valence electrons. The normalized spacial score (nSPS) is 10.8. The van der Waals surface area contributed by atoms with E-state index in [9.17, 15) is 4.79 Å². The van der Waals surface area contributed by atoms with Crippen LogP contribution in [0.5, 0.6) is 0 Å². The first-order valence-electron chi connectivity index (χ1n) is 4.50. The van der Waals surface area contributed by atoms with E-state index < -0.39 is 5.97 Å². The Balaban J connectivity index is 2.43. The number of rotatable bonds is 3. The van der Waals surface area contributed by atoms with E-state index in [-0.39, 0.29) is 12.3 Å². The molecule has 2 rings (SSSR count). The molecule has 2 aromatic heterocycles. The monoisotopic (exact) mass is 209 g/mol. The molecule has 0 atom stereocenters. The number of ether oxygens (including phenoxy) is 1. The molecule has 0 aliphatic heterocycles. The lowest BCUT2D eigenvalue weighted by molar-refractivity contribution is 0.0593. The molecule has 0 bridgehead atoms. The zero-order valence-corrected chi connectivity index (χ0v) is 8.25. The molecule has 6 heteroatoms. The number of aliphatic hydroxyl groups is 1. The van der Waals surface area contributed by atoms with Crippen molar-refractivity contribution in [2.45, 2.75) is 6.54 Å². The van der Waals surface area contributed by atoms with E-state index in [1.54, 1.807) is 27.5 Å². The third-order valence-corrected chi connectivity index (χ3v) is 2.13. The minimum absolute atomic E-state index is 0.0447. The van der Waals surface area contributed by atoms with Crippen molar-refractivity contribution in [1.82, 2.24) is 14.2 Å². The quantitative estimate of drug-likeness (QED) is 0.717. The number of aromatic nitrogens is 3. The first-order valence-corrected chi connectivity index (χ1v) is 4.50. The summed E-state index contributed by atoms with van der Waals surface area (Å²) in [7, 11) is 1.31. The highest BCUT2D eigenvalue weighted by Crippen LogP contribution is 2.08. The molecule has 0 radical (unpaired) electrons. The Bertz CT molecular complexity index is 486. The number of nitrogens with zero attached hydrogens (tertiary/aromatic N) is 3. The molecule has 0 aromatic carbocycles. The van der Waals surface area contributed by atoms with Gasteiger partial charge in [-0.3, -0.25) is 0 Å². The van der Waals surface area contributed by atoms with E-state index in [1.807, 2.05) is 0 Å². The van der Waals surface area contributed by atoms with Crippen LogP contribution in [-0.4, -0.2) is 39.0 Å². The molecule has 15 heavy (non-hydrogen) atoms. The van der Waals surface area contributed by atoms with Crippen molar-refractivity contribution in [2.75, 3.05) is 13.7 Å². The highest BCUT2D eigenvalue weighted by atomic mass is 16.5. The van der Waals surface area contributed by atoms with Crippen LogP contribution in [0.2, 0.25) is 0 Å². The Morgan fingerprint density at radius 2 is 2.40 bits per heavy atom. The van der Waals surface area contributed by atoms with Gasteiger partial charge in [0.25, 0.3) is 0 Å².